The number of nitrogens with one attached hydrogen (secondary N) is 1. The highest BCUT2D eigenvalue weighted by Crippen LogP contribution is 2.25. The van der Waals surface area contributed by atoms with Crippen LogP contribution in [-0.4, -0.2) is 29.9 Å². The summed E-state index contributed by atoms with van der Waals surface area (Å²) in [5, 5.41) is 2.92. The number of carbonyl (C=O) groups is 2. The Bertz CT molecular complexity index is 1110. The van der Waals surface area contributed by atoms with E-state index < -0.39 is 5.82 Å². The molecular formula is C25H23FN2O3. The quantitative estimate of drug-likeness (QED) is 0.694. The number of fused-ring (bicyclic) bond motifs is 1. The molecule has 0 aromatic heterocycles. The van der Waals surface area contributed by atoms with Gasteiger partial charge in [-0.1, -0.05) is 35.9 Å². The molecule has 1 aliphatic heterocycles. The molecule has 6 heteroatoms. The lowest BCUT2D eigenvalue weighted by Gasteiger charge is -2.20. The van der Waals surface area contributed by atoms with Crippen LogP contribution in [0.15, 0.2) is 66.7 Å². The van der Waals surface area contributed by atoms with Crippen LogP contribution in [0.1, 0.15) is 37.4 Å². The number of nitrogens with zero attached hydrogens (tertiary/aromatic N) is 1. The van der Waals surface area contributed by atoms with Crippen LogP contribution in [0.5, 0.6) is 5.75 Å². The standard InChI is InChI=1S/C25H23FN2O3/c1-17-5-7-18(8-6-17)15-27-24(29)19-9-10-23-21(13-19)16-28(11-12-31-23)25(30)20-3-2-4-22(26)14-20/h2-10,13-14H,11-12,15-16H2,1H3,(H,27,29). The molecule has 158 valence electrons. The molecule has 0 bridgehead atoms. The summed E-state index contributed by atoms with van der Waals surface area (Å²) in [5.41, 5.74) is 3.71. The average Bonchev–Trinajstić information content (AvgIpc) is 3.00. The minimum Gasteiger partial charge on any atom is -0.491 e. The first kappa shape index (κ1) is 20.6. The third-order valence-corrected chi connectivity index (χ3v) is 5.24. The molecule has 0 atom stereocenters. The second-order valence-electron chi connectivity index (χ2n) is 7.58. The summed E-state index contributed by atoms with van der Waals surface area (Å²) >= 11 is 0. The van der Waals surface area contributed by atoms with Crippen LogP contribution in [0.3, 0.4) is 0 Å². The first-order valence-corrected chi connectivity index (χ1v) is 10.1. The van der Waals surface area contributed by atoms with Gasteiger partial charge in [0, 0.05) is 29.8 Å². The zero-order valence-corrected chi connectivity index (χ0v) is 17.2. The van der Waals surface area contributed by atoms with E-state index in [1.807, 2.05) is 31.2 Å². The molecule has 3 aromatic carbocycles. The number of hydrogen-bond acceptors (Lipinski definition) is 3. The molecule has 0 fully saturated rings. The van der Waals surface area contributed by atoms with Gasteiger partial charge in [0.2, 0.25) is 0 Å². The summed E-state index contributed by atoms with van der Waals surface area (Å²) in [6.45, 7) is 3.43. The van der Waals surface area contributed by atoms with E-state index in [1.165, 1.54) is 18.2 Å². The number of halogens is 1. The summed E-state index contributed by atoms with van der Waals surface area (Å²) in [5.74, 6) is -0.282. The predicted molar refractivity (Wildman–Crippen MR) is 115 cm³/mol. The fraction of sp³-hybridized carbons (Fsp3) is 0.200. The molecule has 5 nitrogen and oxygen atoms in total. The van der Waals surface area contributed by atoms with E-state index in [1.54, 1.807) is 29.2 Å². The topological polar surface area (TPSA) is 58.6 Å². The van der Waals surface area contributed by atoms with E-state index in [4.69, 9.17) is 4.74 Å². The molecule has 2 amide bonds. The second kappa shape index (κ2) is 9.00. The molecule has 31 heavy (non-hydrogen) atoms. The van der Waals surface area contributed by atoms with Crippen LogP contribution in [0.2, 0.25) is 0 Å². The molecule has 0 saturated carbocycles. The van der Waals surface area contributed by atoms with Crippen molar-refractivity contribution in [2.45, 2.75) is 20.0 Å². The molecule has 1 N–H and O–H groups in total. The Labute approximate surface area is 180 Å². The number of amides is 2. The number of ether oxygens (including phenoxy) is 1. The normalized spacial score (nSPS) is 13.0. The van der Waals surface area contributed by atoms with E-state index in [0.717, 1.165) is 16.7 Å². The molecule has 0 radical (unpaired) electrons. The van der Waals surface area contributed by atoms with Gasteiger partial charge in [-0.05, 0) is 48.9 Å². The number of carbonyl (C=O) groups excluding carboxylic acids is 2. The Morgan fingerprint density at radius 3 is 2.61 bits per heavy atom. The van der Waals surface area contributed by atoms with Gasteiger partial charge in [0.15, 0.2) is 0 Å². The highest BCUT2D eigenvalue weighted by Gasteiger charge is 2.22. The minimum atomic E-state index is -0.454. The zero-order chi connectivity index (χ0) is 21.8. The van der Waals surface area contributed by atoms with Gasteiger partial charge < -0.3 is 15.0 Å². The van der Waals surface area contributed by atoms with Gasteiger partial charge >= 0.3 is 0 Å². The molecule has 0 aliphatic carbocycles. The minimum absolute atomic E-state index is 0.198. The fourth-order valence-electron chi connectivity index (χ4n) is 3.50. The number of rotatable bonds is 4. The summed E-state index contributed by atoms with van der Waals surface area (Å²) in [4.78, 5) is 27.1. The predicted octanol–water partition coefficient (Wildman–Crippen LogP) is 4.10. The lowest BCUT2D eigenvalue weighted by Crippen LogP contribution is -2.32. The van der Waals surface area contributed by atoms with Gasteiger partial charge in [0.05, 0.1) is 6.54 Å². The van der Waals surface area contributed by atoms with Gasteiger partial charge in [0.25, 0.3) is 11.8 Å². The SMILES string of the molecule is Cc1ccc(CNC(=O)c2ccc3c(c2)CN(C(=O)c2cccc(F)c2)CCO3)cc1. The van der Waals surface area contributed by atoms with Gasteiger partial charge in [0.1, 0.15) is 18.2 Å². The summed E-state index contributed by atoms with van der Waals surface area (Å²) in [6.07, 6.45) is 0. The Kier molecular flexibility index (Phi) is 5.98. The van der Waals surface area contributed by atoms with Crippen molar-refractivity contribution in [1.29, 1.82) is 0 Å². The van der Waals surface area contributed by atoms with Crippen LogP contribution in [0.4, 0.5) is 4.39 Å². The molecule has 1 heterocycles. The highest BCUT2D eigenvalue weighted by atomic mass is 19.1. The molecule has 0 unspecified atom stereocenters. The molecule has 3 aromatic rings. The van der Waals surface area contributed by atoms with Crippen LogP contribution in [0.25, 0.3) is 0 Å². The van der Waals surface area contributed by atoms with E-state index in [9.17, 15) is 14.0 Å². The number of benzene rings is 3. The smallest absolute Gasteiger partial charge is 0.254 e. The molecule has 1 aliphatic rings. The maximum atomic E-state index is 13.5. The van der Waals surface area contributed by atoms with Gasteiger partial charge in [-0.15, -0.1) is 0 Å². The highest BCUT2D eigenvalue weighted by molar-refractivity contribution is 5.95. The Hall–Kier alpha value is -3.67. The fourth-order valence-corrected chi connectivity index (χ4v) is 3.50. The van der Waals surface area contributed by atoms with E-state index >= 15 is 0 Å². The summed E-state index contributed by atoms with van der Waals surface area (Å²) in [6, 6.07) is 18.8. The maximum absolute atomic E-state index is 13.5. The van der Waals surface area contributed by atoms with E-state index in [2.05, 4.69) is 5.32 Å². The van der Waals surface area contributed by atoms with Crippen molar-refractivity contribution in [3.05, 3.63) is 100 Å². The monoisotopic (exact) mass is 418 g/mol. The van der Waals surface area contributed by atoms with Crippen molar-refractivity contribution in [2.24, 2.45) is 0 Å². The van der Waals surface area contributed by atoms with Crippen molar-refractivity contribution < 1.29 is 18.7 Å². The summed E-state index contributed by atoms with van der Waals surface area (Å²) < 4.78 is 19.3. The second-order valence-corrected chi connectivity index (χ2v) is 7.58. The lowest BCUT2D eigenvalue weighted by molar-refractivity contribution is 0.0732. The largest absolute Gasteiger partial charge is 0.491 e. The van der Waals surface area contributed by atoms with Crippen molar-refractivity contribution in [3.63, 3.8) is 0 Å². The van der Waals surface area contributed by atoms with Gasteiger partial charge in [-0.25, -0.2) is 4.39 Å². The third kappa shape index (κ3) is 4.91. The van der Waals surface area contributed by atoms with Crippen LogP contribution in [-0.2, 0) is 13.1 Å². The van der Waals surface area contributed by atoms with Crippen LogP contribution in [0, 0.1) is 12.7 Å². The first-order valence-electron chi connectivity index (χ1n) is 10.1. The molecule has 0 spiro atoms. The Balaban J connectivity index is 1.48. The Morgan fingerprint density at radius 2 is 1.84 bits per heavy atom. The molecule has 4 rings (SSSR count). The zero-order valence-electron chi connectivity index (χ0n) is 17.2. The van der Waals surface area contributed by atoms with E-state index in [-0.39, 0.29) is 23.9 Å². The summed E-state index contributed by atoms with van der Waals surface area (Å²) in [7, 11) is 0. The molecular weight excluding hydrogens is 395 g/mol. The van der Waals surface area contributed by atoms with Crippen molar-refractivity contribution in [3.8, 4) is 5.75 Å². The van der Waals surface area contributed by atoms with Gasteiger partial charge in [-0.2, -0.15) is 0 Å². The van der Waals surface area contributed by atoms with Crippen molar-refractivity contribution >= 4 is 11.8 Å². The Morgan fingerprint density at radius 1 is 1.03 bits per heavy atom. The van der Waals surface area contributed by atoms with E-state index in [0.29, 0.717) is 31.0 Å². The van der Waals surface area contributed by atoms with Crippen molar-refractivity contribution in [1.82, 2.24) is 10.2 Å². The number of aryl methyl sites for hydroxylation is 1. The molecule has 0 saturated heterocycles. The van der Waals surface area contributed by atoms with Crippen LogP contribution < -0.4 is 10.1 Å². The van der Waals surface area contributed by atoms with Crippen molar-refractivity contribution in [2.75, 3.05) is 13.2 Å². The average molecular weight is 418 g/mol. The lowest BCUT2D eigenvalue weighted by atomic mass is 10.1. The maximum Gasteiger partial charge on any atom is 0.254 e. The van der Waals surface area contributed by atoms with Crippen LogP contribution >= 0.6 is 0 Å². The third-order valence-electron chi connectivity index (χ3n) is 5.24. The number of hydrogen-bond donors (Lipinski definition) is 1. The first-order chi connectivity index (χ1) is 15.0. The van der Waals surface area contributed by atoms with Gasteiger partial charge in [-0.3, -0.25) is 9.59 Å².